The number of hydrogen-bond acceptors (Lipinski definition) is 7. The van der Waals surface area contributed by atoms with Gasteiger partial charge in [0.2, 0.25) is 20.9 Å². The van der Waals surface area contributed by atoms with Crippen LogP contribution in [0.5, 0.6) is 0 Å². The lowest BCUT2D eigenvalue weighted by molar-refractivity contribution is -0.134. The Morgan fingerprint density at radius 3 is 2.33 bits per heavy atom. The molecule has 0 radical (unpaired) electrons. The minimum absolute atomic E-state index is 0.111. The Hall–Kier alpha value is -2.47. The molecule has 1 aliphatic rings. The van der Waals surface area contributed by atoms with Crippen molar-refractivity contribution in [1.29, 1.82) is 0 Å². The molecule has 148 valence electrons. The lowest BCUT2D eigenvalue weighted by Crippen LogP contribution is -2.41. The first kappa shape index (κ1) is 19.3. The van der Waals surface area contributed by atoms with Crippen LogP contribution < -0.4 is 11.2 Å². The van der Waals surface area contributed by atoms with Crippen LogP contribution in [0, 0.1) is 0 Å². The third-order valence-corrected chi connectivity index (χ3v) is 6.31. The second-order valence-corrected chi connectivity index (χ2v) is 8.40. The number of sulfone groups is 1. The standard InChI is InChI=1S/C15H21N5O6S/c1-17-12-11(13(22)19(3)15(23)18(12)2)16-14(17)27(24,25)9-4-10(21)20-5-7-26-8-6-20/h4-9H2,1-3H3. The van der Waals surface area contributed by atoms with Crippen LogP contribution in [0.1, 0.15) is 6.42 Å². The Bertz CT molecular complexity index is 1120. The predicted octanol–water partition coefficient (Wildman–Crippen LogP) is -2.01. The first-order chi connectivity index (χ1) is 12.6. The van der Waals surface area contributed by atoms with Crippen LogP contribution in [0.3, 0.4) is 0 Å². The minimum Gasteiger partial charge on any atom is -0.378 e. The molecule has 0 N–H and O–H groups in total. The Labute approximate surface area is 154 Å². The smallest absolute Gasteiger partial charge is 0.332 e. The molecule has 3 heterocycles. The van der Waals surface area contributed by atoms with Crippen LogP contribution in [-0.4, -0.2) is 70.0 Å². The van der Waals surface area contributed by atoms with Crippen molar-refractivity contribution in [2.45, 2.75) is 11.6 Å². The number of carbonyl (C=O) groups excluding carboxylic acids is 1. The van der Waals surface area contributed by atoms with Crippen molar-refractivity contribution in [2.24, 2.45) is 21.1 Å². The average molecular weight is 399 g/mol. The molecule has 0 aliphatic carbocycles. The van der Waals surface area contributed by atoms with E-state index in [1.807, 2.05) is 0 Å². The number of nitrogens with zero attached hydrogens (tertiary/aromatic N) is 5. The zero-order chi connectivity index (χ0) is 19.9. The molecule has 0 atom stereocenters. The third kappa shape index (κ3) is 3.30. The third-order valence-electron chi connectivity index (χ3n) is 4.65. The summed E-state index contributed by atoms with van der Waals surface area (Å²) in [6.45, 7) is 1.73. The van der Waals surface area contributed by atoms with Crippen molar-refractivity contribution in [2.75, 3.05) is 32.1 Å². The molecule has 0 bridgehead atoms. The van der Waals surface area contributed by atoms with E-state index in [1.54, 1.807) is 4.90 Å². The zero-order valence-corrected chi connectivity index (χ0v) is 16.2. The lowest BCUT2D eigenvalue weighted by atomic mass is 10.3. The van der Waals surface area contributed by atoms with Gasteiger partial charge in [0.1, 0.15) is 0 Å². The summed E-state index contributed by atoms with van der Waals surface area (Å²) >= 11 is 0. The van der Waals surface area contributed by atoms with Gasteiger partial charge in [-0.05, 0) is 0 Å². The largest absolute Gasteiger partial charge is 0.378 e. The maximum Gasteiger partial charge on any atom is 0.332 e. The molecule has 12 heteroatoms. The van der Waals surface area contributed by atoms with Crippen LogP contribution in [0.25, 0.3) is 11.2 Å². The van der Waals surface area contributed by atoms with E-state index in [2.05, 4.69) is 4.98 Å². The van der Waals surface area contributed by atoms with E-state index in [0.29, 0.717) is 26.3 Å². The monoisotopic (exact) mass is 399 g/mol. The summed E-state index contributed by atoms with van der Waals surface area (Å²) < 4.78 is 33.9. The predicted molar refractivity (Wildman–Crippen MR) is 95.3 cm³/mol. The fraction of sp³-hybridized carbons (Fsp3) is 0.600. The van der Waals surface area contributed by atoms with Crippen molar-refractivity contribution < 1.29 is 17.9 Å². The van der Waals surface area contributed by atoms with Crippen molar-refractivity contribution in [1.82, 2.24) is 23.6 Å². The zero-order valence-electron chi connectivity index (χ0n) is 15.3. The van der Waals surface area contributed by atoms with Gasteiger partial charge in [0.25, 0.3) is 5.56 Å². The molecular formula is C15H21N5O6S. The summed E-state index contributed by atoms with van der Waals surface area (Å²) in [4.78, 5) is 42.1. The quantitative estimate of drug-likeness (QED) is 0.582. The van der Waals surface area contributed by atoms with Crippen LogP contribution >= 0.6 is 0 Å². The van der Waals surface area contributed by atoms with Gasteiger partial charge in [-0.2, -0.15) is 0 Å². The average Bonchev–Trinajstić information content (AvgIpc) is 3.01. The van der Waals surface area contributed by atoms with Gasteiger partial charge in [-0.3, -0.25) is 18.7 Å². The van der Waals surface area contributed by atoms with E-state index >= 15 is 0 Å². The highest BCUT2D eigenvalue weighted by Crippen LogP contribution is 2.16. The number of carbonyl (C=O) groups is 1. The lowest BCUT2D eigenvalue weighted by Gasteiger charge is -2.26. The normalized spacial score (nSPS) is 15.4. The van der Waals surface area contributed by atoms with Gasteiger partial charge in [-0.1, -0.05) is 0 Å². The highest BCUT2D eigenvalue weighted by Gasteiger charge is 2.27. The second-order valence-electron chi connectivity index (χ2n) is 6.39. The van der Waals surface area contributed by atoms with Crippen molar-refractivity contribution >= 4 is 26.9 Å². The fourth-order valence-electron chi connectivity index (χ4n) is 3.12. The molecule has 1 fully saturated rings. The molecule has 0 saturated carbocycles. The van der Waals surface area contributed by atoms with Crippen molar-refractivity contribution in [3.8, 4) is 0 Å². The topological polar surface area (TPSA) is 126 Å². The Morgan fingerprint density at radius 2 is 1.70 bits per heavy atom. The number of ether oxygens (including phenoxy) is 1. The van der Waals surface area contributed by atoms with E-state index in [9.17, 15) is 22.8 Å². The van der Waals surface area contributed by atoms with E-state index in [0.717, 1.165) is 4.57 Å². The number of imidazole rings is 1. The molecule has 0 spiro atoms. The van der Waals surface area contributed by atoms with E-state index in [4.69, 9.17) is 4.74 Å². The molecule has 1 amide bonds. The fourth-order valence-corrected chi connectivity index (χ4v) is 4.48. The van der Waals surface area contributed by atoms with Gasteiger partial charge < -0.3 is 14.2 Å². The molecular weight excluding hydrogens is 378 g/mol. The van der Waals surface area contributed by atoms with E-state index in [-0.39, 0.29) is 28.6 Å². The number of hydrogen-bond donors (Lipinski definition) is 0. The molecule has 2 aromatic rings. The summed E-state index contributed by atoms with van der Waals surface area (Å²) in [5.41, 5.74) is -1.25. The van der Waals surface area contributed by atoms with E-state index < -0.39 is 26.8 Å². The molecule has 3 rings (SSSR count). The number of morpholine rings is 1. The number of aryl methyl sites for hydroxylation is 2. The summed E-state index contributed by atoms with van der Waals surface area (Å²) in [5.74, 6) is -0.710. The Morgan fingerprint density at radius 1 is 1.07 bits per heavy atom. The highest BCUT2D eigenvalue weighted by atomic mass is 32.2. The van der Waals surface area contributed by atoms with Gasteiger partial charge in [0.05, 0.1) is 19.0 Å². The molecule has 11 nitrogen and oxygen atoms in total. The van der Waals surface area contributed by atoms with Gasteiger partial charge in [-0.15, -0.1) is 0 Å². The number of fused-ring (bicyclic) bond motifs is 1. The number of rotatable bonds is 4. The minimum atomic E-state index is -3.94. The van der Waals surface area contributed by atoms with Gasteiger partial charge >= 0.3 is 5.69 Å². The van der Waals surface area contributed by atoms with Gasteiger partial charge in [0.15, 0.2) is 11.2 Å². The van der Waals surface area contributed by atoms with Crippen molar-refractivity contribution in [3.05, 3.63) is 20.8 Å². The SMILES string of the molecule is Cn1c(=O)c2nc(S(=O)(=O)CCC(=O)N3CCOCC3)n(C)c2n(C)c1=O. The summed E-state index contributed by atoms with van der Waals surface area (Å²) in [6.07, 6.45) is -0.192. The van der Waals surface area contributed by atoms with E-state index in [1.165, 1.54) is 30.3 Å². The molecule has 0 aromatic carbocycles. The maximum absolute atomic E-state index is 12.7. The number of aromatic nitrogens is 4. The summed E-state index contributed by atoms with van der Waals surface area (Å²) in [5, 5.41) is -0.342. The molecule has 0 unspecified atom stereocenters. The van der Waals surface area contributed by atoms with Gasteiger partial charge in [0, 0.05) is 40.7 Å². The first-order valence-electron chi connectivity index (χ1n) is 8.36. The summed E-state index contributed by atoms with van der Waals surface area (Å²) in [7, 11) is 0.220. The summed E-state index contributed by atoms with van der Waals surface area (Å²) in [6, 6.07) is 0. The highest BCUT2D eigenvalue weighted by molar-refractivity contribution is 7.91. The van der Waals surface area contributed by atoms with Crippen molar-refractivity contribution in [3.63, 3.8) is 0 Å². The second kappa shape index (κ2) is 6.93. The number of amides is 1. The molecule has 27 heavy (non-hydrogen) atoms. The van der Waals surface area contributed by atoms with Crippen LogP contribution in [-0.2, 0) is 40.5 Å². The van der Waals surface area contributed by atoms with Crippen LogP contribution in [0.2, 0.25) is 0 Å². The molecule has 1 aliphatic heterocycles. The first-order valence-corrected chi connectivity index (χ1v) is 10.0. The van der Waals surface area contributed by atoms with Gasteiger partial charge in [-0.25, -0.2) is 18.2 Å². The molecule has 1 saturated heterocycles. The Kier molecular flexibility index (Phi) is 4.95. The molecule has 2 aromatic heterocycles. The van der Waals surface area contributed by atoms with Crippen LogP contribution in [0.15, 0.2) is 14.7 Å². The maximum atomic E-state index is 12.7. The van der Waals surface area contributed by atoms with Crippen LogP contribution in [0.4, 0.5) is 0 Å². The Balaban J connectivity index is 1.94.